The van der Waals surface area contributed by atoms with Gasteiger partial charge < -0.3 is 5.32 Å². The number of hydrogen-bond acceptors (Lipinski definition) is 2. The topological polar surface area (TPSA) is 44.7 Å². The minimum Gasteiger partial charge on any atom is -0.307 e. The first-order valence-electron chi connectivity index (χ1n) is 7.29. The van der Waals surface area contributed by atoms with Crippen LogP contribution in [0.2, 0.25) is 10.0 Å². The number of carbonyl (C=O) groups excluding carboxylic acids is 1. The van der Waals surface area contributed by atoms with Crippen molar-refractivity contribution >= 4 is 46.4 Å². The Morgan fingerprint density at radius 2 is 1.87 bits per heavy atom. The summed E-state index contributed by atoms with van der Waals surface area (Å²) in [5.41, 5.74) is 1.45. The number of aliphatic imine (C=N–C) groups is 1. The molecule has 1 N–H and O–H groups in total. The molecule has 0 aliphatic carbocycles. The maximum Gasteiger partial charge on any atom is 0.327 e. The third-order valence-corrected chi connectivity index (χ3v) is 3.99. The van der Waals surface area contributed by atoms with Gasteiger partial charge >= 0.3 is 6.03 Å². The number of hydrogen-bond donors (Lipinski definition) is 1. The van der Waals surface area contributed by atoms with Crippen LogP contribution in [0, 0.1) is 0 Å². The molecule has 6 heteroatoms. The summed E-state index contributed by atoms with van der Waals surface area (Å²) >= 11 is 11.8. The van der Waals surface area contributed by atoms with Gasteiger partial charge in [0.15, 0.2) is 0 Å². The van der Waals surface area contributed by atoms with E-state index in [1.165, 1.54) is 0 Å². The molecule has 0 atom stereocenters. The molecule has 0 saturated carbocycles. The first-order chi connectivity index (χ1) is 11.1. The standard InChI is InChI=1S/C17H15Cl2N3O/c18-12-6-8-14(9-7-12)20-16-5-2-10-22(16)17(23)21-15-4-1-3-13(19)11-15/h1,3-4,6-9,11H,2,5,10H2,(H,21,23). The van der Waals surface area contributed by atoms with Gasteiger partial charge in [0.25, 0.3) is 0 Å². The van der Waals surface area contributed by atoms with Crippen LogP contribution in [0.5, 0.6) is 0 Å². The van der Waals surface area contributed by atoms with E-state index in [0.29, 0.717) is 22.3 Å². The SMILES string of the molecule is O=C(Nc1cccc(Cl)c1)N1CCCC1=Nc1ccc(Cl)cc1. The highest BCUT2D eigenvalue weighted by atomic mass is 35.5. The van der Waals surface area contributed by atoms with Crippen LogP contribution in [0.4, 0.5) is 16.2 Å². The van der Waals surface area contributed by atoms with Crippen LogP contribution in [-0.4, -0.2) is 23.3 Å². The molecule has 0 radical (unpaired) electrons. The van der Waals surface area contributed by atoms with Gasteiger partial charge in [-0.1, -0.05) is 29.3 Å². The molecule has 1 aliphatic rings. The summed E-state index contributed by atoms with van der Waals surface area (Å²) in [6, 6.07) is 14.1. The minimum absolute atomic E-state index is 0.197. The molecule has 0 bridgehead atoms. The lowest BCUT2D eigenvalue weighted by Crippen LogP contribution is -2.35. The lowest BCUT2D eigenvalue weighted by Gasteiger charge is -2.18. The van der Waals surface area contributed by atoms with E-state index >= 15 is 0 Å². The highest BCUT2D eigenvalue weighted by Crippen LogP contribution is 2.22. The molecule has 0 aromatic heterocycles. The molecule has 118 valence electrons. The van der Waals surface area contributed by atoms with Crippen LogP contribution in [0.15, 0.2) is 53.5 Å². The van der Waals surface area contributed by atoms with Gasteiger partial charge in [-0.25, -0.2) is 9.79 Å². The average molecular weight is 348 g/mol. The Labute approximate surface area is 144 Å². The molecule has 1 aliphatic heterocycles. The number of likely N-dealkylation sites (tertiary alicyclic amines) is 1. The van der Waals surface area contributed by atoms with Gasteiger partial charge in [0.1, 0.15) is 5.84 Å². The van der Waals surface area contributed by atoms with Crippen LogP contribution in [-0.2, 0) is 0 Å². The van der Waals surface area contributed by atoms with Crippen LogP contribution in [0.1, 0.15) is 12.8 Å². The van der Waals surface area contributed by atoms with Crippen molar-refractivity contribution in [1.82, 2.24) is 4.90 Å². The van der Waals surface area contributed by atoms with E-state index in [-0.39, 0.29) is 6.03 Å². The Balaban J connectivity index is 1.75. The molecule has 2 amide bonds. The molecule has 1 saturated heterocycles. The largest absolute Gasteiger partial charge is 0.327 e. The van der Waals surface area contributed by atoms with Crippen molar-refractivity contribution < 1.29 is 4.79 Å². The number of carbonyl (C=O) groups is 1. The second-order valence-corrected chi connectivity index (χ2v) is 6.07. The fourth-order valence-electron chi connectivity index (χ4n) is 2.42. The predicted octanol–water partition coefficient (Wildman–Crippen LogP) is 5.35. The second kappa shape index (κ2) is 7.02. The van der Waals surface area contributed by atoms with E-state index in [0.717, 1.165) is 24.4 Å². The average Bonchev–Trinajstić information content (AvgIpc) is 2.98. The molecular weight excluding hydrogens is 333 g/mol. The zero-order valence-corrected chi connectivity index (χ0v) is 13.8. The molecule has 2 aromatic rings. The number of nitrogens with one attached hydrogen (secondary N) is 1. The van der Waals surface area contributed by atoms with E-state index in [2.05, 4.69) is 10.3 Å². The zero-order valence-electron chi connectivity index (χ0n) is 12.3. The molecule has 0 spiro atoms. The second-order valence-electron chi connectivity index (χ2n) is 5.20. The molecule has 4 nitrogen and oxygen atoms in total. The van der Waals surface area contributed by atoms with Gasteiger partial charge in [0, 0.05) is 28.7 Å². The normalized spacial score (nSPS) is 15.9. The minimum atomic E-state index is -0.197. The van der Waals surface area contributed by atoms with Crippen LogP contribution in [0.25, 0.3) is 0 Å². The van der Waals surface area contributed by atoms with Gasteiger partial charge in [-0.15, -0.1) is 0 Å². The van der Waals surface area contributed by atoms with E-state index in [9.17, 15) is 4.79 Å². The predicted molar refractivity (Wildman–Crippen MR) is 95.0 cm³/mol. The van der Waals surface area contributed by atoms with Gasteiger partial charge in [-0.05, 0) is 48.9 Å². The van der Waals surface area contributed by atoms with Gasteiger partial charge in [0.05, 0.1) is 5.69 Å². The number of urea groups is 1. The Morgan fingerprint density at radius 1 is 1.09 bits per heavy atom. The molecule has 0 unspecified atom stereocenters. The summed E-state index contributed by atoms with van der Waals surface area (Å²) in [4.78, 5) is 18.7. The Hall–Kier alpha value is -2.04. The third-order valence-electron chi connectivity index (χ3n) is 3.50. The number of amides is 2. The summed E-state index contributed by atoms with van der Waals surface area (Å²) < 4.78 is 0. The van der Waals surface area contributed by atoms with Crippen LogP contribution < -0.4 is 5.32 Å². The quantitative estimate of drug-likeness (QED) is 0.781. The first-order valence-corrected chi connectivity index (χ1v) is 8.04. The highest BCUT2D eigenvalue weighted by molar-refractivity contribution is 6.31. The van der Waals surface area contributed by atoms with Crippen molar-refractivity contribution in [1.29, 1.82) is 0 Å². The van der Waals surface area contributed by atoms with Crippen molar-refractivity contribution in [2.75, 3.05) is 11.9 Å². The summed E-state index contributed by atoms with van der Waals surface area (Å²) in [5.74, 6) is 0.756. The van der Waals surface area contributed by atoms with Gasteiger partial charge in [0.2, 0.25) is 0 Å². The maximum atomic E-state index is 12.5. The number of halogens is 2. The Bertz CT molecular complexity index is 744. The Kier molecular flexibility index (Phi) is 4.84. The van der Waals surface area contributed by atoms with Crippen LogP contribution in [0.3, 0.4) is 0 Å². The maximum absolute atomic E-state index is 12.5. The molecule has 1 fully saturated rings. The summed E-state index contributed by atoms with van der Waals surface area (Å²) in [6.07, 6.45) is 1.67. The van der Waals surface area contributed by atoms with Gasteiger partial charge in [-0.3, -0.25) is 4.90 Å². The van der Waals surface area contributed by atoms with Crippen molar-refractivity contribution in [3.8, 4) is 0 Å². The molecule has 2 aromatic carbocycles. The number of anilines is 1. The van der Waals surface area contributed by atoms with E-state index in [1.807, 2.05) is 12.1 Å². The van der Waals surface area contributed by atoms with Crippen molar-refractivity contribution in [3.63, 3.8) is 0 Å². The highest BCUT2D eigenvalue weighted by Gasteiger charge is 2.25. The summed E-state index contributed by atoms with van der Waals surface area (Å²) in [5, 5.41) is 4.10. The van der Waals surface area contributed by atoms with Crippen LogP contribution >= 0.6 is 23.2 Å². The lowest BCUT2D eigenvalue weighted by molar-refractivity contribution is 0.236. The lowest BCUT2D eigenvalue weighted by atomic mass is 10.3. The van der Waals surface area contributed by atoms with Crippen molar-refractivity contribution in [3.05, 3.63) is 58.6 Å². The first kappa shape index (κ1) is 15.8. The number of rotatable bonds is 2. The fourth-order valence-corrected chi connectivity index (χ4v) is 2.73. The Morgan fingerprint density at radius 3 is 2.61 bits per heavy atom. The van der Waals surface area contributed by atoms with Gasteiger partial charge in [-0.2, -0.15) is 0 Å². The van der Waals surface area contributed by atoms with E-state index in [4.69, 9.17) is 23.2 Å². The third kappa shape index (κ3) is 4.03. The van der Waals surface area contributed by atoms with E-state index in [1.54, 1.807) is 41.3 Å². The summed E-state index contributed by atoms with van der Waals surface area (Å²) in [6.45, 7) is 0.652. The van der Waals surface area contributed by atoms with Crippen molar-refractivity contribution in [2.45, 2.75) is 12.8 Å². The monoisotopic (exact) mass is 347 g/mol. The number of nitrogens with zero attached hydrogens (tertiary/aromatic N) is 2. The molecule has 3 rings (SSSR count). The van der Waals surface area contributed by atoms with E-state index < -0.39 is 0 Å². The molecule has 23 heavy (non-hydrogen) atoms. The molecule has 1 heterocycles. The van der Waals surface area contributed by atoms with Crippen molar-refractivity contribution in [2.24, 2.45) is 4.99 Å². The number of amidine groups is 1. The number of benzene rings is 2. The fraction of sp³-hybridized carbons (Fsp3) is 0.176. The summed E-state index contributed by atoms with van der Waals surface area (Å²) in [7, 11) is 0. The molecular formula is C17H15Cl2N3O. The smallest absolute Gasteiger partial charge is 0.307 e. The zero-order chi connectivity index (χ0) is 16.2.